The van der Waals surface area contributed by atoms with E-state index in [9.17, 15) is 19.5 Å². The maximum Gasteiger partial charge on any atom is 0.336 e. The molecular weight excluding hydrogens is 532 g/mol. The molecule has 2 aromatic rings. The van der Waals surface area contributed by atoms with Gasteiger partial charge in [0, 0.05) is 62.1 Å². The van der Waals surface area contributed by atoms with Gasteiger partial charge in [0.2, 0.25) is 5.91 Å². The Morgan fingerprint density at radius 2 is 1.45 bits per heavy atom. The van der Waals surface area contributed by atoms with Crippen molar-refractivity contribution in [2.45, 2.75) is 110 Å². The number of unbranched alkanes of at least 4 members (excludes halogenated alkanes) is 12. The normalized spacial score (nSPS) is 13.9. The van der Waals surface area contributed by atoms with Crippen molar-refractivity contribution in [3.63, 3.8) is 0 Å². The van der Waals surface area contributed by atoms with Gasteiger partial charge in [-0.3, -0.25) is 14.5 Å². The Hall–Kier alpha value is -2.71. The lowest BCUT2D eigenvalue weighted by molar-refractivity contribution is -0.120. The summed E-state index contributed by atoms with van der Waals surface area (Å²) in [6, 6.07) is 4.39. The van der Waals surface area contributed by atoms with Gasteiger partial charge in [-0.15, -0.1) is 0 Å². The fourth-order valence-electron chi connectivity index (χ4n) is 5.65. The molecule has 0 unspecified atom stereocenters. The Bertz CT molecular complexity index is 1150. The highest BCUT2D eigenvalue weighted by atomic mass is 16.5. The third-order valence-electron chi connectivity index (χ3n) is 8.18. The highest BCUT2D eigenvalue weighted by Crippen LogP contribution is 2.28. The van der Waals surface area contributed by atoms with E-state index in [0.717, 1.165) is 38.9 Å². The monoisotopic (exact) mass is 584 g/mol. The second-order valence-corrected chi connectivity index (χ2v) is 11.8. The first kappa shape index (κ1) is 33.8. The molecule has 1 aliphatic heterocycles. The van der Waals surface area contributed by atoms with Gasteiger partial charge in [0.25, 0.3) is 0 Å². The van der Waals surface area contributed by atoms with Gasteiger partial charge < -0.3 is 19.6 Å². The highest BCUT2D eigenvalue weighted by Gasteiger charge is 2.16. The molecule has 0 saturated carbocycles. The van der Waals surface area contributed by atoms with Crippen LogP contribution in [-0.4, -0.2) is 61.1 Å². The summed E-state index contributed by atoms with van der Waals surface area (Å²) in [4.78, 5) is 39.7. The maximum atomic E-state index is 12.7. The third kappa shape index (κ3) is 12.7. The van der Waals surface area contributed by atoms with Gasteiger partial charge >= 0.3 is 5.63 Å². The van der Waals surface area contributed by atoms with Crippen molar-refractivity contribution in [1.29, 1.82) is 0 Å². The van der Waals surface area contributed by atoms with Crippen LogP contribution in [0.5, 0.6) is 5.75 Å². The summed E-state index contributed by atoms with van der Waals surface area (Å²) in [6.45, 7) is 6.62. The molecule has 1 fully saturated rings. The zero-order chi connectivity index (χ0) is 30.0. The molecule has 3 rings (SSSR count). The number of phenols is 1. The largest absolute Gasteiger partial charge is 0.508 e. The molecule has 8 nitrogen and oxygen atoms in total. The second-order valence-electron chi connectivity index (χ2n) is 11.8. The summed E-state index contributed by atoms with van der Waals surface area (Å²) < 4.78 is 10.6. The number of ketones is 1. The first-order chi connectivity index (χ1) is 20.5. The average Bonchev–Trinajstić information content (AvgIpc) is 2.96. The first-order valence-electron chi connectivity index (χ1n) is 16.3. The standard InChI is InChI=1S/C34H52N2O6/c1-2-3-4-5-6-7-8-9-10-11-12-13-14-15-29(37)22-28-23-30-27(25-34(40)42-32(30)26-31(28)38)24-33(39)35-16-17-36-18-20-41-21-19-36/h23,25-26,38H,2-22,24H2,1H3,(H,35,39). The molecule has 1 aromatic heterocycles. The number of carbonyl (C=O) groups is 2. The molecule has 0 spiro atoms. The van der Waals surface area contributed by atoms with E-state index in [-0.39, 0.29) is 35.9 Å². The van der Waals surface area contributed by atoms with Crippen molar-refractivity contribution < 1.29 is 23.8 Å². The number of morpholine rings is 1. The molecule has 2 N–H and O–H groups in total. The number of aromatic hydroxyl groups is 1. The van der Waals surface area contributed by atoms with Crippen LogP contribution in [0.25, 0.3) is 11.0 Å². The number of amides is 1. The molecule has 1 aromatic carbocycles. The fraction of sp³-hybridized carbons (Fsp3) is 0.676. The van der Waals surface area contributed by atoms with Crippen LogP contribution in [-0.2, 0) is 27.2 Å². The van der Waals surface area contributed by atoms with Crippen LogP contribution in [0.3, 0.4) is 0 Å². The second kappa shape index (κ2) is 19.5. The quantitative estimate of drug-likeness (QED) is 0.135. The Labute approximate surface area is 251 Å². The molecule has 0 atom stereocenters. The van der Waals surface area contributed by atoms with E-state index in [1.54, 1.807) is 6.07 Å². The van der Waals surface area contributed by atoms with Crippen LogP contribution in [0.2, 0.25) is 0 Å². The predicted molar refractivity (Wildman–Crippen MR) is 167 cm³/mol. The van der Waals surface area contributed by atoms with Crippen molar-refractivity contribution in [1.82, 2.24) is 10.2 Å². The molecule has 1 saturated heterocycles. The van der Waals surface area contributed by atoms with Gasteiger partial charge in [-0.1, -0.05) is 84.0 Å². The average molecular weight is 585 g/mol. The number of hydrogen-bond donors (Lipinski definition) is 2. The summed E-state index contributed by atoms with van der Waals surface area (Å²) in [5.74, 6) is -0.188. The van der Waals surface area contributed by atoms with Gasteiger partial charge in [-0.05, 0) is 18.1 Å². The Morgan fingerprint density at radius 3 is 2.10 bits per heavy atom. The lowest BCUT2D eigenvalue weighted by Gasteiger charge is -2.26. The summed E-state index contributed by atoms with van der Waals surface area (Å²) in [5.41, 5.74) is 0.647. The van der Waals surface area contributed by atoms with E-state index in [4.69, 9.17) is 9.15 Å². The van der Waals surface area contributed by atoms with E-state index >= 15 is 0 Å². The number of Topliss-reactive ketones (excluding diaryl/α,β-unsaturated/α-hetero) is 1. The molecule has 234 valence electrons. The maximum absolute atomic E-state index is 12.7. The third-order valence-corrected chi connectivity index (χ3v) is 8.18. The van der Waals surface area contributed by atoms with Crippen LogP contribution in [0, 0.1) is 0 Å². The van der Waals surface area contributed by atoms with E-state index < -0.39 is 5.63 Å². The fourth-order valence-corrected chi connectivity index (χ4v) is 5.65. The van der Waals surface area contributed by atoms with Crippen LogP contribution >= 0.6 is 0 Å². The minimum Gasteiger partial charge on any atom is -0.508 e. The SMILES string of the molecule is CCCCCCCCCCCCCCCC(=O)Cc1cc2c(CC(=O)NCCN3CCOCC3)cc(=O)oc2cc1O. The van der Waals surface area contributed by atoms with E-state index in [1.165, 1.54) is 76.3 Å². The lowest BCUT2D eigenvalue weighted by atomic mass is 9.98. The molecule has 0 aliphatic carbocycles. The zero-order valence-electron chi connectivity index (χ0n) is 25.7. The smallest absolute Gasteiger partial charge is 0.336 e. The van der Waals surface area contributed by atoms with Crippen LogP contribution in [0.1, 0.15) is 108 Å². The lowest BCUT2D eigenvalue weighted by Crippen LogP contribution is -2.41. The molecule has 0 radical (unpaired) electrons. The van der Waals surface area contributed by atoms with E-state index in [1.807, 2.05) is 0 Å². The summed E-state index contributed by atoms with van der Waals surface area (Å²) in [6.07, 6.45) is 17.0. The van der Waals surface area contributed by atoms with Crippen molar-refractivity contribution in [2.24, 2.45) is 0 Å². The zero-order valence-corrected chi connectivity index (χ0v) is 25.7. The number of rotatable bonds is 21. The van der Waals surface area contributed by atoms with E-state index in [2.05, 4.69) is 17.1 Å². The minimum absolute atomic E-state index is 0.0162. The number of ether oxygens (including phenoxy) is 1. The predicted octanol–water partition coefficient (Wildman–Crippen LogP) is 6.08. The van der Waals surface area contributed by atoms with Crippen molar-refractivity contribution in [2.75, 3.05) is 39.4 Å². The van der Waals surface area contributed by atoms with Gasteiger partial charge in [0.15, 0.2) is 0 Å². The molecule has 0 bridgehead atoms. The highest BCUT2D eigenvalue weighted by molar-refractivity contribution is 5.90. The number of carbonyl (C=O) groups excluding carboxylic acids is 2. The molecule has 1 amide bonds. The number of nitrogens with zero attached hydrogens (tertiary/aromatic N) is 1. The van der Waals surface area contributed by atoms with Crippen molar-refractivity contribution in [3.8, 4) is 5.75 Å². The van der Waals surface area contributed by atoms with Gasteiger partial charge in [0.1, 0.15) is 17.1 Å². The Morgan fingerprint density at radius 1 is 0.833 bits per heavy atom. The molecule has 8 heteroatoms. The van der Waals surface area contributed by atoms with Crippen molar-refractivity contribution in [3.05, 3.63) is 39.7 Å². The molecule has 1 aliphatic rings. The van der Waals surface area contributed by atoms with Gasteiger partial charge in [-0.2, -0.15) is 0 Å². The number of benzene rings is 1. The molecular formula is C34H52N2O6. The number of hydrogen-bond acceptors (Lipinski definition) is 7. The summed E-state index contributed by atoms with van der Waals surface area (Å²) in [5, 5.41) is 14.0. The Kier molecular flexibility index (Phi) is 15.7. The van der Waals surface area contributed by atoms with Crippen molar-refractivity contribution >= 4 is 22.7 Å². The molecule has 2 heterocycles. The minimum atomic E-state index is -0.579. The number of nitrogens with one attached hydrogen (secondary N) is 1. The van der Waals surface area contributed by atoms with Crippen LogP contribution < -0.4 is 10.9 Å². The van der Waals surface area contributed by atoms with Gasteiger partial charge in [-0.25, -0.2) is 4.79 Å². The molecule has 42 heavy (non-hydrogen) atoms. The van der Waals surface area contributed by atoms with Gasteiger partial charge in [0.05, 0.1) is 19.6 Å². The summed E-state index contributed by atoms with van der Waals surface area (Å²) in [7, 11) is 0. The number of fused-ring (bicyclic) bond motifs is 1. The first-order valence-corrected chi connectivity index (χ1v) is 16.3. The van der Waals surface area contributed by atoms with Crippen LogP contribution in [0.4, 0.5) is 0 Å². The Balaban J connectivity index is 1.39. The topological polar surface area (TPSA) is 109 Å². The number of phenolic OH excluding ortho intramolecular Hbond substituents is 1. The van der Waals surface area contributed by atoms with E-state index in [0.29, 0.717) is 42.7 Å². The van der Waals surface area contributed by atoms with Crippen LogP contribution in [0.15, 0.2) is 27.4 Å². The summed E-state index contributed by atoms with van der Waals surface area (Å²) >= 11 is 0.